The molecule has 2 heterocycles. The van der Waals surface area contributed by atoms with Crippen LogP contribution in [0, 0.1) is 9.12 Å². The quantitative estimate of drug-likeness (QED) is 0.394. The van der Waals surface area contributed by atoms with Crippen LogP contribution in [-0.2, 0) is 9.53 Å². The standard InChI is InChI=1S/C18H27IN4O4/c1-11(8-13(24)27-5)14-15(19)20-10-21-16(14)22-6-7-23(17(25)26)12(9-22)18(2,3)4/h10-12H,6-9H2,1-5H3,(H,25,26). The fraction of sp³-hybridized carbons (Fsp3) is 0.667. The number of piperazine rings is 1. The minimum absolute atomic E-state index is 0.105. The van der Waals surface area contributed by atoms with Crippen LogP contribution in [0.3, 0.4) is 0 Å². The monoisotopic (exact) mass is 490 g/mol. The lowest BCUT2D eigenvalue weighted by Gasteiger charge is -2.46. The first-order valence-electron chi connectivity index (χ1n) is 8.88. The molecule has 2 unspecified atom stereocenters. The Balaban J connectivity index is 2.37. The number of hydrogen-bond donors (Lipinski definition) is 1. The van der Waals surface area contributed by atoms with E-state index in [0.29, 0.717) is 19.6 Å². The van der Waals surface area contributed by atoms with Crippen molar-refractivity contribution in [2.45, 2.75) is 46.1 Å². The van der Waals surface area contributed by atoms with Crippen molar-refractivity contribution in [3.8, 4) is 0 Å². The molecule has 2 rings (SSSR count). The van der Waals surface area contributed by atoms with E-state index in [1.54, 1.807) is 0 Å². The maximum Gasteiger partial charge on any atom is 0.407 e. The smallest absolute Gasteiger partial charge is 0.407 e. The van der Waals surface area contributed by atoms with Crippen LogP contribution < -0.4 is 4.90 Å². The van der Waals surface area contributed by atoms with Crippen molar-refractivity contribution in [3.63, 3.8) is 0 Å². The van der Waals surface area contributed by atoms with Gasteiger partial charge in [0.05, 0.1) is 19.6 Å². The van der Waals surface area contributed by atoms with Gasteiger partial charge in [-0.2, -0.15) is 0 Å². The summed E-state index contributed by atoms with van der Waals surface area (Å²) in [4.78, 5) is 35.8. The molecule has 8 nitrogen and oxygen atoms in total. The fourth-order valence-corrected chi connectivity index (χ4v) is 4.32. The molecule has 1 aromatic heterocycles. The maximum atomic E-state index is 11.7. The number of carbonyl (C=O) groups is 2. The molecule has 2 atom stereocenters. The van der Waals surface area contributed by atoms with Crippen LogP contribution in [0.4, 0.5) is 10.6 Å². The molecule has 0 saturated carbocycles. The summed E-state index contributed by atoms with van der Waals surface area (Å²) in [5, 5.41) is 9.57. The predicted molar refractivity (Wildman–Crippen MR) is 110 cm³/mol. The van der Waals surface area contributed by atoms with Gasteiger partial charge >= 0.3 is 12.1 Å². The van der Waals surface area contributed by atoms with E-state index in [-0.39, 0.29) is 29.8 Å². The van der Waals surface area contributed by atoms with Crippen LogP contribution in [0.1, 0.15) is 45.6 Å². The number of esters is 1. The molecule has 1 aromatic rings. The predicted octanol–water partition coefficient (Wildman–Crippen LogP) is 2.96. The number of aromatic nitrogens is 2. The number of rotatable bonds is 4. The van der Waals surface area contributed by atoms with Gasteiger partial charge in [0.25, 0.3) is 0 Å². The first-order chi connectivity index (χ1) is 12.6. The van der Waals surface area contributed by atoms with Gasteiger partial charge in [0.1, 0.15) is 15.8 Å². The molecular weight excluding hydrogens is 463 g/mol. The number of anilines is 1. The second-order valence-electron chi connectivity index (χ2n) is 7.89. The molecule has 0 radical (unpaired) electrons. The van der Waals surface area contributed by atoms with Crippen molar-refractivity contribution in [1.29, 1.82) is 0 Å². The van der Waals surface area contributed by atoms with Crippen LogP contribution in [0.5, 0.6) is 0 Å². The molecule has 150 valence electrons. The number of ether oxygens (including phenoxy) is 1. The Morgan fingerprint density at radius 2 is 2.04 bits per heavy atom. The average molecular weight is 490 g/mol. The molecule has 0 aromatic carbocycles. The van der Waals surface area contributed by atoms with Crippen molar-refractivity contribution in [3.05, 3.63) is 15.6 Å². The third-order valence-corrected chi connectivity index (χ3v) is 5.79. The Bertz CT molecular complexity index is 707. The normalized spacial score (nSPS) is 19.0. The number of carbonyl (C=O) groups excluding carboxylic acids is 1. The van der Waals surface area contributed by atoms with Gasteiger partial charge in [-0.15, -0.1) is 0 Å². The van der Waals surface area contributed by atoms with Crippen LogP contribution in [-0.4, -0.2) is 64.8 Å². The van der Waals surface area contributed by atoms with Crippen LogP contribution >= 0.6 is 22.6 Å². The molecule has 27 heavy (non-hydrogen) atoms. The Kier molecular flexibility index (Phi) is 6.87. The summed E-state index contributed by atoms with van der Waals surface area (Å²) >= 11 is 2.16. The van der Waals surface area contributed by atoms with E-state index < -0.39 is 6.09 Å². The molecule has 0 aliphatic carbocycles. The molecule has 1 aliphatic rings. The van der Waals surface area contributed by atoms with Gasteiger partial charge in [-0.3, -0.25) is 4.79 Å². The minimum Gasteiger partial charge on any atom is -0.469 e. The SMILES string of the molecule is COC(=O)CC(C)c1c(I)ncnc1N1CCN(C(=O)O)C(C(C)(C)C)C1. The van der Waals surface area contributed by atoms with E-state index in [2.05, 4.69) is 37.5 Å². The van der Waals surface area contributed by atoms with Gasteiger partial charge in [0.15, 0.2) is 0 Å². The number of hydrogen-bond acceptors (Lipinski definition) is 6. The van der Waals surface area contributed by atoms with Gasteiger partial charge in [0, 0.05) is 25.2 Å². The van der Waals surface area contributed by atoms with Crippen molar-refractivity contribution in [2.75, 3.05) is 31.6 Å². The van der Waals surface area contributed by atoms with E-state index in [1.165, 1.54) is 18.3 Å². The Morgan fingerprint density at radius 3 is 2.59 bits per heavy atom. The Hall–Kier alpha value is -1.65. The lowest BCUT2D eigenvalue weighted by molar-refractivity contribution is -0.140. The zero-order valence-corrected chi connectivity index (χ0v) is 18.6. The van der Waals surface area contributed by atoms with Crippen LogP contribution in [0.15, 0.2) is 6.33 Å². The highest BCUT2D eigenvalue weighted by molar-refractivity contribution is 14.1. The van der Waals surface area contributed by atoms with E-state index in [9.17, 15) is 14.7 Å². The first-order valence-corrected chi connectivity index (χ1v) is 9.95. The van der Waals surface area contributed by atoms with Crippen LogP contribution in [0.2, 0.25) is 0 Å². The molecule has 1 aliphatic heterocycles. The largest absolute Gasteiger partial charge is 0.469 e. The summed E-state index contributed by atoms with van der Waals surface area (Å²) in [6.07, 6.45) is 0.859. The number of halogens is 1. The van der Waals surface area contributed by atoms with Gasteiger partial charge in [-0.05, 0) is 33.9 Å². The molecule has 0 bridgehead atoms. The first kappa shape index (κ1) is 21.6. The van der Waals surface area contributed by atoms with E-state index >= 15 is 0 Å². The molecule has 1 N–H and O–H groups in total. The highest BCUT2D eigenvalue weighted by Crippen LogP contribution is 2.35. The highest BCUT2D eigenvalue weighted by Gasteiger charge is 2.39. The van der Waals surface area contributed by atoms with E-state index in [1.807, 2.05) is 27.7 Å². The number of amides is 1. The molecule has 1 amide bonds. The zero-order valence-electron chi connectivity index (χ0n) is 16.4. The lowest BCUT2D eigenvalue weighted by Crippen LogP contribution is -2.59. The molecule has 1 saturated heterocycles. The maximum absolute atomic E-state index is 11.7. The average Bonchev–Trinajstić information content (AvgIpc) is 2.59. The number of carboxylic acid groups (broad SMARTS) is 1. The number of nitrogens with zero attached hydrogens (tertiary/aromatic N) is 4. The Labute approximate surface area is 173 Å². The van der Waals surface area contributed by atoms with E-state index in [4.69, 9.17) is 4.74 Å². The number of methoxy groups -OCH3 is 1. The van der Waals surface area contributed by atoms with Crippen molar-refractivity contribution < 1.29 is 19.4 Å². The van der Waals surface area contributed by atoms with Gasteiger partial charge < -0.3 is 19.6 Å². The Morgan fingerprint density at radius 1 is 1.37 bits per heavy atom. The third-order valence-electron chi connectivity index (χ3n) is 4.93. The minimum atomic E-state index is -0.897. The second kappa shape index (κ2) is 8.57. The zero-order chi connectivity index (χ0) is 20.4. The summed E-state index contributed by atoms with van der Waals surface area (Å²) in [5.41, 5.74) is 0.689. The highest BCUT2D eigenvalue weighted by atomic mass is 127. The second-order valence-corrected chi connectivity index (χ2v) is 8.91. The van der Waals surface area contributed by atoms with Crippen molar-refractivity contribution in [2.24, 2.45) is 5.41 Å². The molecule has 0 spiro atoms. The topological polar surface area (TPSA) is 95.9 Å². The molecule has 9 heteroatoms. The summed E-state index contributed by atoms with van der Waals surface area (Å²) in [6, 6.07) is -0.167. The van der Waals surface area contributed by atoms with Crippen molar-refractivity contribution >= 4 is 40.5 Å². The lowest BCUT2D eigenvalue weighted by atomic mass is 9.84. The van der Waals surface area contributed by atoms with Gasteiger partial charge in [-0.25, -0.2) is 14.8 Å². The molecular formula is C18H27IN4O4. The van der Waals surface area contributed by atoms with Gasteiger partial charge in [0.2, 0.25) is 0 Å². The summed E-state index contributed by atoms with van der Waals surface area (Å²) in [6.45, 7) is 9.58. The fourth-order valence-electron chi connectivity index (χ4n) is 3.42. The van der Waals surface area contributed by atoms with Gasteiger partial charge in [-0.1, -0.05) is 27.7 Å². The molecule has 1 fully saturated rings. The summed E-state index contributed by atoms with van der Waals surface area (Å²) in [5.74, 6) is 0.382. The van der Waals surface area contributed by atoms with Crippen molar-refractivity contribution in [1.82, 2.24) is 14.9 Å². The summed E-state index contributed by atoms with van der Waals surface area (Å²) in [7, 11) is 1.38. The van der Waals surface area contributed by atoms with E-state index in [0.717, 1.165) is 15.1 Å². The summed E-state index contributed by atoms with van der Waals surface area (Å²) < 4.78 is 5.60. The van der Waals surface area contributed by atoms with Crippen LogP contribution in [0.25, 0.3) is 0 Å². The third kappa shape index (κ3) is 4.99.